The van der Waals surface area contributed by atoms with E-state index in [1.165, 1.54) is 0 Å². The molecule has 30 heavy (non-hydrogen) atoms. The molecule has 1 saturated carbocycles. The van der Waals surface area contributed by atoms with Crippen molar-refractivity contribution in [3.63, 3.8) is 0 Å². The third kappa shape index (κ3) is 3.54. The molecule has 152 valence electrons. The lowest BCUT2D eigenvalue weighted by atomic mass is 10.0. The smallest absolute Gasteiger partial charge is 0.197 e. The minimum Gasteiger partial charge on any atom is -0.385 e. The topological polar surface area (TPSA) is 78.6 Å². The average Bonchev–Trinajstić information content (AvgIpc) is 3.49. The number of methoxy groups -OCH3 is 1. The van der Waals surface area contributed by atoms with E-state index < -0.39 is 0 Å². The summed E-state index contributed by atoms with van der Waals surface area (Å²) in [7, 11) is 1.68. The fourth-order valence-electron chi connectivity index (χ4n) is 3.90. The van der Waals surface area contributed by atoms with Crippen molar-refractivity contribution < 1.29 is 9.13 Å². The quantitative estimate of drug-likeness (QED) is 0.437. The number of aromatic nitrogens is 6. The van der Waals surface area contributed by atoms with Crippen molar-refractivity contribution in [2.45, 2.75) is 31.2 Å². The normalized spacial score (nSPS) is 18.1. The zero-order valence-corrected chi connectivity index (χ0v) is 16.6. The Labute approximate surface area is 173 Å². The SMILES string of the molecule is COCCCn1ncc2c(F)cc([C@@H]3C[C@@H]3c3cnc(-c4ncccn4)nc3)cc21. The summed E-state index contributed by atoms with van der Waals surface area (Å²) >= 11 is 0. The van der Waals surface area contributed by atoms with Gasteiger partial charge in [0.2, 0.25) is 0 Å². The van der Waals surface area contributed by atoms with Crippen molar-refractivity contribution in [3.8, 4) is 11.6 Å². The molecule has 3 heterocycles. The van der Waals surface area contributed by atoms with Gasteiger partial charge in [0.05, 0.1) is 17.1 Å². The predicted molar refractivity (Wildman–Crippen MR) is 109 cm³/mol. The Morgan fingerprint density at radius 3 is 2.50 bits per heavy atom. The maximum absolute atomic E-state index is 14.7. The average molecular weight is 404 g/mol. The first-order valence-electron chi connectivity index (χ1n) is 9.98. The number of benzene rings is 1. The zero-order valence-electron chi connectivity index (χ0n) is 16.6. The minimum atomic E-state index is -0.223. The Bertz CT molecular complexity index is 1160. The number of hydrogen-bond donors (Lipinski definition) is 0. The number of nitrogens with zero attached hydrogens (tertiary/aromatic N) is 6. The summed E-state index contributed by atoms with van der Waals surface area (Å²) in [6, 6.07) is 5.46. The van der Waals surface area contributed by atoms with E-state index in [0.29, 0.717) is 30.2 Å². The van der Waals surface area contributed by atoms with Gasteiger partial charge in [-0.25, -0.2) is 24.3 Å². The molecule has 0 aliphatic heterocycles. The molecule has 0 radical (unpaired) electrons. The Morgan fingerprint density at radius 2 is 1.73 bits per heavy atom. The van der Waals surface area contributed by atoms with Gasteiger partial charge in [0.25, 0.3) is 0 Å². The molecule has 4 aromatic rings. The summed E-state index contributed by atoms with van der Waals surface area (Å²) in [5, 5.41) is 4.91. The molecule has 1 aliphatic carbocycles. The number of fused-ring (bicyclic) bond motifs is 1. The van der Waals surface area contributed by atoms with E-state index in [0.717, 1.165) is 29.5 Å². The summed E-state index contributed by atoms with van der Waals surface area (Å²) in [6.07, 6.45) is 10.4. The lowest BCUT2D eigenvalue weighted by Crippen LogP contribution is -2.03. The van der Waals surface area contributed by atoms with Gasteiger partial charge in [0.1, 0.15) is 5.82 Å². The third-order valence-corrected chi connectivity index (χ3v) is 5.54. The van der Waals surface area contributed by atoms with E-state index >= 15 is 0 Å². The van der Waals surface area contributed by atoms with Crippen LogP contribution < -0.4 is 0 Å². The van der Waals surface area contributed by atoms with Crippen molar-refractivity contribution in [2.75, 3.05) is 13.7 Å². The van der Waals surface area contributed by atoms with E-state index in [-0.39, 0.29) is 17.7 Å². The van der Waals surface area contributed by atoms with Crippen LogP contribution in [0.25, 0.3) is 22.6 Å². The number of ether oxygens (including phenoxy) is 1. The van der Waals surface area contributed by atoms with Gasteiger partial charge in [0.15, 0.2) is 11.6 Å². The van der Waals surface area contributed by atoms with Gasteiger partial charge in [-0.15, -0.1) is 0 Å². The van der Waals surface area contributed by atoms with E-state index in [9.17, 15) is 4.39 Å². The van der Waals surface area contributed by atoms with E-state index in [1.54, 1.807) is 37.8 Å². The molecular formula is C22H21FN6O. The predicted octanol–water partition coefficient (Wildman–Crippen LogP) is 3.73. The first-order valence-corrected chi connectivity index (χ1v) is 9.98. The van der Waals surface area contributed by atoms with Gasteiger partial charge in [0, 0.05) is 45.0 Å². The fraction of sp³-hybridized carbons (Fsp3) is 0.318. The molecule has 0 amide bonds. The molecule has 1 aromatic carbocycles. The number of aryl methyl sites for hydroxylation is 1. The fourth-order valence-corrected chi connectivity index (χ4v) is 3.90. The number of rotatable bonds is 7. The maximum Gasteiger partial charge on any atom is 0.197 e. The van der Waals surface area contributed by atoms with E-state index in [2.05, 4.69) is 31.1 Å². The van der Waals surface area contributed by atoms with Crippen LogP contribution in [0.3, 0.4) is 0 Å². The second-order valence-electron chi connectivity index (χ2n) is 7.51. The molecular weight excluding hydrogens is 383 g/mol. The van der Waals surface area contributed by atoms with Crippen LogP contribution in [0.1, 0.15) is 35.8 Å². The van der Waals surface area contributed by atoms with Crippen LogP contribution in [-0.2, 0) is 11.3 Å². The van der Waals surface area contributed by atoms with Crippen LogP contribution in [0.5, 0.6) is 0 Å². The lowest BCUT2D eigenvalue weighted by Gasteiger charge is -2.07. The first kappa shape index (κ1) is 18.7. The van der Waals surface area contributed by atoms with Crippen molar-refractivity contribution in [3.05, 3.63) is 66.1 Å². The van der Waals surface area contributed by atoms with E-state index in [1.807, 2.05) is 17.1 Å². The van der Waals surface area contributed by atoms with Crippen LogP contribution in [-0.4, -0.2) is 43.4 Å². The Hall–Kier alpha value is -3.26. The molecule has 0 saturated heterocycles. The molecule has 1 fully saturated rings. The summed E-state index contributed by atoms with van der Waals surface area (Å²) < 4.78 is 21.7. The van der Waals surface area contributed by atoms with Crippen LogP contribution in [0, 0.1) is 5.82 Å². The number of hydrogen-bond acceptors (Lipinski definition) is 6. The minimum absolute atomic E-state index is 0.223. The highest BCUT2D eigenvalue weighted by atomic mass is 19.1. The third-order valence-electron chi connectivity index (χ3n) is 5.54. The summed E-state index contributed by atoms with van der Waals surface area (Å²) in [6.45, 7) is 1.35. The van der Waals surface area contributed by atoms with Crippen molar-refractivity contribution >= 4 is 10.9 Å². The molecule has 0 N–H and O–H groups in total. The van der Waals surface area contributed by atoms with Gasteiger partial charge >= 0.3 is 0 Å². The van der Waals surface area contributed by atoms with Gasteiger partial charge in [-0.2, -0.15) is 5.10 Å². The second kappa shape index (κ2) is 7.87. The summed E-state index contributed by atoms with van der Waals surface area (Å²) in [5.41, 5.74) is 2.88. The first-order chi connectivity index (χ1) is 14.7. The molecule has 8 heteroatoms. The van der Waals surface area contributed by atoms with Gasteiger partial charge in [-0.05, 0) is 54.0 Å². The van der Waals surface area contributed by atoms with Crippen LogP contribution in [0.2, 0.25) is 0 Å². The molecule has 5 rings (SSSR count). The highest BCUT2D eigenvalue weighted by Crippen LogP contribution is 2.54. The number of halogens is 1. The van der Waals surface area contributed by atoms with E-state index in [4.69, 9.17) is 4.74 Å². The monoisotopic (exact) mass is 404 g/mol. The molecule has 0 unspecified atom stereocenters. The van der Waals surface area contributed by atoms with Gasteiger partial charge in [-0.3, -0.25) is 4.68 Å². The Balaban J connectivity index is 1.36. The molecule has 2 atom stereocenters. The molecule has 0 spiro atoms. The molecule has 1 aliphatic rings. The standard InChI is InChI=1S/C22H21FN6O/c1-30-7-3-6-29-20-9-14(8-19(23)18(20)13-28-29)16-10-17(16)15-11-26-22(27-12-15)21-24-4-2-5-25-21/h2,4-5,8-9,11-13,16-17H,3,6-7,10H2,1H3/t16-,17+/m0/s1. The maximum atomic E-state index is 14.7. The van der Waals surface area contributed by atoms with Crippen molar-refractivity contribution in [1.82, 2.24) is 29.7 Å². The van der Waals surface area contributed by atoms with Crippen LogP contribution in [0.4, 0.5) is 4.39 Å². The Morgan fingerprint density at radius 1 is 1.00 bits per heavy atom. The molecule has 7 nitrogen and oxygen atoms in total. The zero-order chi connectivity index (χ0) is 20.5. The Kier molecular flexibility index (Phi) is 4.92. The highest BCUT2D eigenvalue weighted by Gasteiger charge is 2.40. The van der Waals surface area contributed by atoms with Gasteiger partial charge in [-0.1, -0.05) is 0 Å². The molecule has 3 aromatic heterocycles. The lowest BCUT2D eigenvalue weighted by molar-refractivity contribution is 0.189. The second-order valence-corrected chi connectivity index (χ2v) is 7.51. The summed E-state index contributed by atoms with van der Waals surface area (Å²) in [5.74, 6) is 1.33. The van der Waals surface area contributed by atoms with Gasteiger partial charge < -0.3 is 4.74 Å². The largest absolute Gasteiger partial charge is 0.385 e. The van der Waals surface area contributed by atoms with Crippen LogP contribution >= 0.6 is 0 Å². The van der Waals surface area contributed by atoms with Crippen molar-refractivity contribution in [2.24, 2.45) is 0 Å². The summed E-state index contributed by atoms with van der Waals surface area (Å²) in [4.78, 5) is 17.2. The van der Waals surface area contributed by atoms with Crippen molar-refractivity contribution in [1.29, 1.82) is 0 Å². The highest BCUT2D eigenvalue weighted by molar-refractivity contribution is 5.80. The molecule has 0 bridgehead atoms. The van der Waals surface area contributed by atoms with Crippen LogP contribution in [0.15, 0.2) is 49.2 Å².